The molecule has 3 heteroatoms. The van der Waals surface area contributed by atoms with Crippen molar-refractivity contribution in [2.75, 3.05) is 0 Å². The fourth-order valence-electron chi connectivity index (χ4n) is 1.50. The van der Waals surface area contributed by atoms with Crippen LogP contribution in [0.1, 0.15) is 5.56 Å². The summed E-state index contributed by atoms with van der Waals surface area (Å²) in [4.78, 5) is 0. The molecule has 0 aromatic heterocycles. The SMILES string of the molecule is C=C(O)c1cc2cc(O)ccc2cc1O. The molecule has 2 aromatic rings. The molecule has 0 aliphatic rings. The van der Waals surface area contributed by atoms with Gasteiger partial charge in [0, 0.05) is 0 Å². The summed E-state index contributed by atoms with van der Waals surface area (Å²) in [5.41, 5.74) is 0.271. The Morgan fingerprint density at radius 1 is 1.00 bits per heavy atom. The molecule has 2 aromatic carbocycles. The van der Waals surface area contributed by atoms with E-state index in [1.54, 1.807) is 18.2 Å². The van der Waals surface area contributed by atoms with Gasteiger partial charge in [0.25, 0.3) is 0 Å². The zero-order chi connectivity index (χ0) is 11.0. The third kappa shape index (κ3) is 1.59. The quantitative estimate of drug-likeness (QED) is 0.623. The fourth-order valence-corrected chi connectivity index (χ4v) is 1.50. The lowest BCUT2D eigenvalue weighted by molar-refractivity contribution is 0.461. The average molecular weight is 202 g/mol. The first-order valence-electron chi connectivity index (χ1n) is 4.42. The Labute approximate surface area is 86.5 Å². The molecule has 15 heavy (non-hydrogen) atoms. The van der Waals surface area contributed by atoms with Gasteiger partial charge in [-0.1, -0.05) is 12.6 Å². The maximum Gasteiger partial charge on any atom is 0.127 e. The molecular weight excluding hydrogens is 192 g/mol. The Hall–Kier alpha value is -2.16. The van der Waals surface area contributed by atoms with Crippen molar-refractivity contribution in [3.8, 4) is 11.5 Å². The Kier molecular flexibility index (Phi) is 2.01. The Morgan fingerprint density at radius 2 is 1.73 bits per heavy atom. The minimum atomic E-state index is -0.197. The number of phenols is 2. The number of rotatable bonds is 1. The summed E-state index contributed by atoms with van der Waals surface area (Å²) in [6, 6.07) is 7.88. The standard InChI is InChI=1S/C12H10O3/c1-7(13)11-5-9-4-10(14)3-2-8(9)6-12(11)15/h2-6,13-15H,1H2. The number of aromatic hydroxyl groups is 2. The Bertz CT molecular complexity index is 544. The van der Waals surface area contributed by atoms with Crippen LogP contribution in [0, 0.1) is 0 Å². The van der Waals surface area contributed by atoms with Crippen molar-refractivity contribution in [2.45, 2.75) is 0 Å². The van der Waals surface area contributed by atoms with Crippen LogP contribution in [-0.2, 0) is 0 Å². The van der Waals surface area contributed by atoms with Gasteiger partial charge < -0.3 is 15.3 Å². The summed E-state index contributed by atoms with van der Waals surface area (Å²) in [5, 5.41) is 29.6. The first-order valence-corrected chi connectivity index (χ1v) is 4.42. The molecule has 0 fully saturated rings. The lowest BCUT2D eigenvalue weighted by atomic mass is 10.0. The second kappa shape index (κ2) is 3.20. The van der Waals surface area contributed by atoms with Crippen LogP contribution in [0.15, 0.2) is 36.9 Å². The fraction of sp³-hybridized carbons (Fsp3) is 0. The van der Waals surface area contributed by atoms with E-state index >= 15 is 0 Å². The van der Waals surface area contributed by atoms with E-state index in [1.807, 2.05) is 0 Å². The third-order valence-electron chi connectivity index (χ3n) is 2.25. The summed E-state index contributed by atoms with van der Waals surface area (Å²) >= 11 is 0. The highest BCUT2D eigenvalue weighted by Crippen LogP contribution is 2.30. The Morgan fingerprint density at radius 3 is 2.40 bits per heavy atom. The molecule has 0 atom stereocenters. The van der Waals surface area contributed by atoms with Crippen molar-refractivity contribution in [1.82, 2.24) is 0 Å². The molecule has 0 spiro atoms. The Balaban J connectivity index is 2.77. The van der Waals surface area contributed by atoms with Gasteiger partial charge in [0.1, 0.15) is 17.3 Å². The van der Waals surface area contributed by atoms with Crippen LogP contribution < -0.4 is 0 Å². The largest absolute Gasteiger partial charge is 0.508 e. The van der Waals surface area contributed by atoms with E-state index in [-0.39, 0.29) is 22.8 Å². The highest BCUT2D eigenvalue weighted by molar-refractivity contribution is 5.88. The zero-order valence-electron chi connectivity index (χ0n) is 7.94. The number of hydrogen-bond acceptors (Lipinski definition) is 3. The first-order chi connectivity index (χ1) is 7.08. The molecule has 0 aliphatic heterocycles. The predicted octanol–water partition coefficient (Wildman–Crippen LogP) is 2.78. The number of aliphatic hydroxyl groups is 1. The molecule has 0 radical (unpaired) electrons. The molecule has 0 aliphatic carbocycles. The second-order valence-electron chi connectivity index (χ2n) is 3.35. The molecule has 0 heterocycles. The van der Waals surface area contributed by atoms with Crippen molar-refractivity contribution in [3.05, 3.63) is 42.5 Å². The van der Waals surface area contributed by atoms with Gasteiger partial charge in [-0.05, 0) is 35.0 Å². The van der Waals surface area contributed by atoms with Gasteiger partial charge in [-0.15, -0.1) is 0 Å². The van der Waals surface area contributed by atoms with E-state index in [4.69, 9.17) is 0 Å². The number of benzene rings is 2. The van der Waals surface area contributed by atoms with Gasteiger partial charge in [-0.3, -0.25) is 0 Å². The van der Waals surface area contributed by atoms with E-state index in [2.05, 4.69) is 6.58 Å². The van der Waals surface area contributed by atoms with Crippen molar-refractivity contribution in [2.24, 2.45) is 0 Å². The number of phenolic OH excluding ortho intramolecular Hbond substituents is 2. The lowest BCUT2D eigenvalue weighted by Gasteiger charge is -2.05. The molecule has 2 rings (SSSR count). The maximum absolute atomic E-state index is 9.56. The van der Waals surface area contributed by atoms with E-state index < -0.39 is 0 Å². The lowest BCUT2D eigenvalue weighted by Crippen LogP contribution is -1.83. The summed E-state index contributed by atoms with van der Waals surface area (Å²) in [6.45, 7) is 3.35. The van der Waals surface area contributed by atoms with Crippen LogP contribution in [0.25, 0.3) is 16.5 Å². The summed E-state index contributed by atoms with van der Waals surface area (Å²) in [7, 11) is 0. The van der Waals surface area contributed by atoms with Crippen LogP contribution in [0.2, 0.25) is 0 Å². The van der Waals surface area contributed by atoms with E-state index in [0.29, 0.717) is 0 Å². The molecule has 3 nitrogen and oxygen atoms in total. The van der Waals surface area contributed by atoms with Crippen LogP contribution in [0.4, 0.5) is 0 Å². The molecule has 0 unspecified atom stereocenters. The zero-order valence-corrected chi connectivity index (χ0v) is 7.94. The van der Waals surface area contributed by atoms with Gasteiger partial charge in [0.05, 0.1) is 5.56 Å². The van der Waals surface area contributed by atoms with Crippen LogP contribution in [0.5, 0.6) is 11.5 Å². The van der Waals surface area contributed by atoms with E-state index in [9.17, 15) is 15.3 Å². The minimum Gasteiger partial charge on any atom is -0.508 e. The van der Waals surface area contributed by atoms with E-state index in [1.165, 1.54) is 12.1 Å². The second-order valence-corrected chi connectivity index (χ2v) is 3.35. The van der Waals surface area contributed by atoms with Crippen molar-refractivity contribution in [3.63, 3.8) is 0 Å². The third-order valence-corrected chi connectivity index (χ3v) is 2.25. The molecule has 0 bridgehead atoms. The van der Waals surface area contributed by atoms with Gasteiger partial charge in [-0.25, -0.2) is 0 Å². The number of aliphatic hydroxyl groups excluding tert-OH is 1. The highest BCUT2D eigenvalue weighted by atomic mass is 16.3. The first kappa shape index (κ1) is 9.40. The smallest absolute Gasteiger partial charge is 0.127 e. The van der Waals surface area contributed by atoms with Gasteiger partial charge in [0.2, 0.25) is 0 Å². The van der Waals surface area contributed by atoms with Crippen molar-refractivity contribution < 1.29 is 15.3 Å². The van der Waals surface area contributed by atoms with Gasteiger partial charge in [0.15, 0.2) is 0 Å². The van der Waals surface area contributed by atoms with Crippen LogP contribution in [-0.4, -0.2) is 15.3 Å². The van der Waals surface area contributed by atoms with Crippen LogP contribution in [0.3, 0.4) is 0 Å². The molecule has 0 amide bonds. The predicted molar refractivity (Wildman–Crippen MR) is 58.9 cm³/mol. The summed E-state index contributed by atoms with van der Waals surface area (Å²) in [6.07, 6.45) is 0. The highest BCUT2D eigenvalue weighted by Gasteiger charge is 2.06. The van der Waals surface area contributed by atoms with E-state index in [0.717, 1.165) is 10.8 Å². The van der Waals surface area contributed by atoms with Gasteiger partial charge in [-0.2, -0.15) is 0 Å². The monoisotopic (exact) mass is 202 g/mol. The molecule has 0 saturated carbocycles. The topological polar surface area (TPSA) is 60.7 Å². The molecule has 0 saturated heterocycles. The molecule has 3 N–H and O–H groups in total. The number of hydrogen-bond donors (Lipinski definition) is 3. The summed E-state index contributed by atoms with van der Waals surface area (Å²) in [5.74, 6) is -0.0823. The summed E-state index contributed by atoms with van der Waals surface area (Å²) < 4.78 is 0. The van der Waals surface area contributed by atoms with Crippen molar-refractivity contribution >= 4 is 16.5 Å². The van der Waals surface area contributed by atoms with Crippen LogP contribution >= 0.6 is 0 Å². The number of fused-ring (bicyclic) bond motifs is 1. The minimum absolute atomic E-state index is 0.0271. The average Bonchev–Trinajstić information content (AvgIpc) is 2.17. The maximum atomic E-state index is 9.56. The normalized spacial score (nSPS) is 10.4. The molecule has 76 valence electrons. The van der Waals surface area contributed by atoms with Gasteiger partial charge >= 0.3 is 0 Å². The molecular formula is C12H10O3. The van der Waals surface area contributed by atoms with Crippen molar-refractivity contribution in [1.29, 1.82) is 0 Å².